The molecule has 25 atom stereocenters. The van der Waals surface area contributed by atoms with Crippen LogP contribution in [-0.2, 0) is 131 Å². The van der Waals surface area contributed by atoms with E-state index in [2.05, 4.69) is 16.7 Å². The first-order valence-corrected chi connectivity index (χ1v) is 30.2. The summed E-state index contributed by atoms with van der Waals surface area (Å²) in [5.74, 6) is -4.53. The number of hydrogen-bond acceptors (Lipinski definition) is 36. The molecule has 5 aliphatic heterocycles. The third-order valence-corrected chi connectivity index (χ3v) is 14.7. The van der Waals surface area contributed by atoms with Gasteiger partial charge in [-0.25, -0.2) is 26.3 Å². The van der Waals surface area contributed by atoms with E-state index in [1.807, 2.05) is 0 Å². The van der Waals surface area contributed by atoms with Gasteiger partial charge in [0, 0.05) is 0 Å². The van der Waals surface area contributed by atoms with Gasteiger partial charge in [0.25, 0.3) is 0 Å². The summed E-state index contributed by atoms with van der Waals surface area (Å²) in [6.45, 7) is -4.48. The number of aliphatic carboxylic acids is 2. The lowest BCUT2D eigenvalue weighted by Crippen LogP contribution is -2.70. The van der Waals surface area contributed by atoms with Crippen molar-refractivity contribution in [2.24, 2.45) is 5.73 Å². The molecule has 0 saturated carbocycles. The summed E-state index contributed by atoms with van der Waals surface area (Å²) in [6.07, 6.45) is -58.3. The summed E-state index contributed by atoms with van der Waals surface area (Å²) in [6, 6.07) is -7.42. The molecule has 0 aromatic heterocycles. The third-order valence-electron chi connectivity index (χ3n) is 11.8. The van der Waals surface area contributed by atoms with Crippen LogP contribution < -0.4 is 15.2 Å². The minimum atomic E-state index is -5.97. The lowest BCUT2D eigenvalue weighted by molar-refractivity contribution is -0.372. The van der Waals surface area contributed by atoms with E-state index in [4.69, 9.17) is 57.5 Å². The Kier molecular flexibility index (Phi) is 23.0. The summed E-state index contributed by atoms with van der Waals surface area (Å²) < 4.78 is 265. The number of carboxylic acid groups (broad SMARTS) is 2. The van der Waals surface area contributed by atoms with E-state index in [0.29, 0.717) is 0 Å². The highest BCUT2D eigenvalue weighted by Crippen LogP contribution is 2.37. The molecule has 5 heterocycles. The van der Waals surface area contributed by atoms with Crippen LogP contribution in [0.25, 0.3) is 0 Å². The van der Waals surface area contributed by atoms with Crippen LogP contribution in [0.5, 0.6) is 0 Å². The highest BCUT2D eigenvalue weighted by atomic mass is 32.3. The van der Waals surface area contributed by atoms with Crippen molar-refractivity contribution in [1.82, 2.24) is 9.44 Å². The fraction of sp³-hybridized carbons (Fsp3) is 0.933. The third kappa shape index (κ3) is 18.7. The van der Waals surface area contributed by atoms with Gasteiger partial charge in [-0.1, -0.05) is 0 Å². The van der Waals surface area contributed by atoms with Gasteiger partial charge in [-0.2, -0.15) is 60.0 Å². The Hall–Kier alpha value is -2.56. The molecule has 20 N–H and O–H groups in total. The molecule has 0 spiro atoms. The van der Waals surface area contributed by atoms with Gasteiger partial charge in [-0.15, -0.1) is 0 Å². The molecule has 0 radical (unpaired) electrons. The average molecular weight is 1330 g/mol. The number of carbonyl (C=O) groups is 2. The van der Waals surface area contributed by atoms with Crippen molar-refractivity contribution in [2.45, 2.75) is 153 Å². The number of hydrogen-bond donors (Lipinski definition) is 19. The van der Waals surface area contributed by atoms with Gasteiger partial charge in [0.1, 0.15) is 97.5 Å². The molecule has 5 aliphatic rings. The van der Waals surface area contributed by atoms with Crippen molar-refractivity contribution >= 4 is 74.1 Å². The van der Waals surface area contributed by atoms with Gasteiger partial charge in [0.05, 0.1) is 25.9 Å². The highest BCUT2D eigenvalue weighted by Gasteiger charge is 2.60. The lowest BCUT2D eigenvalue weighted by Gasteiger charge is -2.50. The van der Waals surface area contributed by atoms with Crippen LogP contribution in [0, 0.1) is 0 Å². The van der Waals surface area contributed by atoms with Crippen LogP contribution in [0.4, 0.5) is 0 Å². The van der Waals surface area contributed by atoms with E-state index in [1.54, 1.807) is 0 Å². The largest absolute Gasteiger partial charge is 0.479 e. The number of nitrogens with two attached hydrogens (primary N) is 1. The van der Waals surface area contributed by atoms with E-state index in [1.165, 1.54) is 9.44 Å². The first-order chi connectivity index (χ1) is 37.3. The molecule has 82 heavy (non-hydrogen) atoms. The lowest BCUT2D eigenvalue weighted by atomic mass is 9.94. The van der Waals surface area contributed by atoms with Crippen molar-refractivity contribution in [3.05, 3.63) is 0 Å². The summed E-state index contributed by atoms with van der Waals surface area (Å²) in [5, 5.41) is 107. The highest BCUT2D eigenvalue weighted by molar-refractivity contribution is 7.84. The number of rotatable bonds is 25. The normalized spacial score (nSPS) is 41.2. The van der Waals surface area contributed by atoms with E-state index in [9.17, 15) is 129 Å². The Labute approximate surface area is 458 Å². The molecule has 0 aromatic carbocycles. The van der Waals surface area contributed by atoms with Gasteiger partial charge in [-0.3, -0.25) is 27.3 Å². The van der Waals surface area contributed by atoms with Crippen LogP contribution in [0.1, 0.15) is 0 Å². The molecular formula is C30H51N3O43S6. The van der Waals surface area contributed by atoms with Crippen LogP contribution in [0.2, 0.25) is 0 Å². The maximum atomic E-state index is 12.8. The molecule has 5 saturated heterocycles. The second-order valence-electron chi connectivity index (χ2n) is 17.4. The fourth-order valence-electron chi connectivity index (χ4n) is 8.39. The summed E-state index contributed by atoms with van der Waals surface area (Å²) in [5.41, 5.74) is 6.15. The van der Waals surface area contributed by atoms with Crippen molar-refractivity contribution in [3.63, 3.8) is 0 Å². The SMILES string of the molecule is N[C@H]1[C@@H](O[C@H]2[C@H](O)[C@@H](OS(=O)(=O)O)[C@H](O[C@H]3[C@H](O)[C@@H](NS(=O)(=O)O)[C@@H](O)O[C@@H]3COS(=O)(=O)O)O[C@H]2C(=O)O)O[C@H](CO)[C@@H](O[C@@H]2O[C@H](C(=O)O)[C@@H](O[C@H]3O[C@H](COS(=O)(=O)O)[C@@H](O)[C@H](O)[C@H]3NS(=O)(=O)O)[C@H](O)[C@H]2O)[C@@H]1OS(=O)(=O)O. The number of ether oxygens (including phenoxy) is 9. The molecule has 0 aliphatic carbocycles. The quantitative estimate of drug-likeness (QED) is 0.0377. The molecule has 480 valence electrons. The second kappa shape index (κ2) is 26.8. The maximum Gasteiger partial charge on any atom is 0.397 e. The van der Waals surface area contributed by atoms with E-state index in [-0.39, 0.29) is 0 Å². The van der Waals surface area contributed by atoms with Crippen LogP contribution in [0.15, 0.2) is 0 Å². The Morgan fingerprint density at radius 1 is 0.427 bits per heavy atom. The Balaban J connectivity index is 1.45. The predicted octanol–water partition coefficient (Wildman–Crippen LogP) is -13.7. The molecule has 0 bridgehead atoms. The first-order valence-electron chi connectivity index (χ1n) is 21.8. The smallest absolute Gasteiger partial charge is 0.397 e. The molecule has 5 fully saturated rings. The van der Waals surface area contributed by atoms with Gasteiger partial charge < -0.3 is 99.4 Å². The van der Waals surface area contributed by atoms with Gasteiger partial charge in [0.15, 0.2) is 49.8 Å². The Morgan fingerprint density at radius 3 is 1.35 bits per heavy atom. The van der Waals surface area contributed by atoms with Gasteiger partial charge in [-0.05, 0) is 0 Å². The molecule has 0 amide bonds. The van der Waals surface area contributed by atoms with Crippen molar-refractivity contribution < 1.29 is 198 Å². The Morgan fingerprint density at radius 2 is 0.866 bits per heavy atom. The van der Waals surface area contributed by atoms with Crippen LogP contribution in [0.3, 0.4) is 0 Å². The monoisotopic (exact) mass is 1330 g/mol. The zero-order valence-electron chi connectivity index (χ0n) is 39.8. The van der Waals surface area contributed by atoms with Crippen LogP contribution >= 0.6 is 0 Å². The van der Waals surface area contributed by atoms with E-state index in [0.717, 1.165) is 0 Å². The topological polar surface area (TPSA) is 733 Å². The molecular weight excluding hydrogens is 1280 g/mol. The molecule has 46 nitrogen and oxygen atoms in total. The summed E-state index contributed by atoms with van der Waals surface area (Å²) in [4.78, 5) is 25.4. The Bertz CT molecular complexity index is 2920. The second-order valence-corrected chi connectivity index (χ2v) is 24.1. The molecule has 0 aromatic rings. The molecule has 5 rings (SSSR count). The van der Waals surface area contributed by atoms with E-state index >= 15 is 0 Å². The number of nitrogens with one attached hydrogen (secondary N) is 2. The minimum Gasteiger partial charge on any atom is -0.479 e. The average Bonchev–Trinajstić information content (AvgIpc) is 3.27. The standard InChI is InChI=1S/C30H51N3O43S6/c31-7-18(75-81(58,59)60)17(70-29-14(39)13(38)19(22(73-29)24(41)42)72-28-9(33-78(49,50)51)11(36)10(35)5(68-28)2-64-79(52,53)54)4(1-34)67-27(7)71-20-15(40)21(76-82(61,62)63)30(74-23(20)25(43)44)69-16-6(3-65-80(55,56)57)66-26(45)8(12(16)37)32-77(46,47)48/h4-23,26-30,32-40,45H,1-3,31H2,(H,41,42)(H,43,44)(H,46,47,48)(H,49,50,51)(H,52,53,54)(H,55,56,57)(H,58,59,60)(H,61,62,63)/t4-,5-,6-,7-,8-,9-,10-,11-,12-,13-,14-,15+,16-,17-,18-,19+,20+,21-,22+,23-,26+,27-,28-,29-,30-/m1/s1. The van der Waals surface area contributed by atoms with Crippen molar-refractivity contribution in [2.75, 3.05) is 19.8 Å². The number of carboxylic acids is 2. The predicted molar refractivity (Wildman–Crippen MR) is 236 cm³/mol. The summed E-state index contributed by atoms with van der Waals surface area (Å²) >= 11 is 0. The first kappa shape index (κ1) is 70.2. The molecule has 52 heteroatoms. The van der Waals surface area contributed by atoms with Crippen molar-refractivity contribution in [3.8, 4) is 0 Å². The van der Waals surface area contributed by atoms with Crippen molar-refractivity contribution in [1.29, 1.82) is 0 Å². The van der Waals surface area contributed by atoms with Gasteiger partial charge >= 0.3 is 74.1 Å². The van der Waals surface area contributed by atoms with Crippen LogP contribution in [-0.4, -0.2) is 314 Å². The zero-order valence-corrected chi connectivity index (χ0v) is 44.7. The fourth-order valence-corrected chi connectivity index (χ4v) is 11.2. The number of aliphatic hydroxyl groups is 8. The zero-order chi connectivity index (χ0) is 62.3. The summed E-state index contributed by atoms with van der Waals surface area (Å²) in [7, 11) is -33.6. The minimum absolute atomic E-state index is 1.26. The van der Waals surface area contributed by atoms with E-state index < -0.39 is 247 Å². The number of aliphatic hydroxyl groups excluding tert-OH is 8. The van der Waals surface area contributed by atoms with Gasteiger partial charge in [0.2, 0.25) is 0 Å². The molecule has 0 unspecified atom stereocenters. The maximum absolute atomic E-state index is 12.8.